The Balaban J connectivity index is 1.85. The number of pyridine rings is 1. The van der Waals surface area contributed by atoms with E-state index in [0.29, 0.717) is 31.1 Å². The van der Waals surface area contributed by atoms with Gasteiger partial charge in [0.15, 0.2) is 0 Å². The molecule has 1 atom stereocenters. The summed E-state index contributed by atoms with van der Waals surface area (Å²) < 4.78 is 27.6. The van der Waals surface area contributed by atoms with Gasteiger partial charge in [0.25, 0.3) is 0 Å². The van der Waals surface area contributed by atoms with Gasteiger partial charge >= 0.3 is 5.97 Å². The van der Waals surface area contributed by atoms with Crippen LogP contribution in [0.1, 0.15) is 33.9 Å². The van der Waals surface area contributed by atoms with Gasteiger partial charge < -0.3 is 14.6 Å². The third-order valence-corrected chi connectivity index (χ3v) is 5.45. The highest BCUT2D eigenvalue weighted by Gasteiger charge is 2.27. The summed E-state index contributed by atoms with van der Waals surface area (Å²) in [6, 6.07) is 4.67. The Morgan fingerprint density at radius 3 is 2.77 bits per heavy atom. The van der Waals surface area contributed by atoms with Gasteiger partial charge in [0.05, 0.1) is 31.6 Å². The Hall–Kier alpha value is -3.26. The third kappa shape index (κ3) is 3.33. The van der Waals surface area contributed by atoms with Gasteiger partial charge in [-0.2, -0.15) is 5.10 Å². The summed E-state index contributed by atoms with van der Waals surface area (Å²) in [5.74, 6) is -1.19. The Bertz CT molecular complexity index is 1120. The van der Waals surface area contributed by atoms with E-state index < -0.39 is 11.8 Å². The number of hydrogen-bond donors (Lipinski definition) is 1. The van der Waals surface area contributed by atoms with Crippen LogP contribution in [0.3, 0.4) is 0 Å². The van der Waals surface area contributed by atoms with Gasteiger partial charge in [-0.3, -0.25) is 4.68 Å². The lowest BCUT2D eigenvalue weighted by Gasteiger charge is -2.16. The maximum absolute atomic E-state index is 15.3. The zero-order chi connectivity index (χ0) is 21.4. The molecule has 0 amide bonds. The van der Waals surface area contributed by atoms with Crippen molar-refractivity contribution in [3.63, 3.8) is 0 Å². The van der Waals surface area contributed by atoms with E-state index in [4.69, 9.17) is 9.47 Å². The average Bonchev–Trinajstić information content (AvgIpc) is 3.38. The van der Waals surface area contributed by atoms with Crippen molar-refractivity contribution in [1.82, 2.24) is 14.8 Å². The summed E-state index contributed by atoms with van der Waals surface area (Å²) in [4.78, 5) is 16.0. The number of aromatic nitrogens is 3. The van der Waals surface area contributed by atoms with E-state index in [-0.39, 0.29) is 22.9 Å². The number of hydrogen-bond acceptors (Lipinski definition) is 5. The van der Waals surface area contributed by atoms with Gasteiger partial charge in [0, 0.05) is 23.9 Å². The van der Waals surface area contributed by atoms with E-state index >= 15 is 4.39 Å². The van der Waals surface area contributed by atoms with E-state index in [1.165, 1.54) is 12.3 Å². The molecular weight excluding hydrogens is 389 g/mol. The van der Waals surface area contributed by atoms with Crippen molar-refractivity contribution in [1.29, 1.82) is 0 Å². The third-order valence-electron chi connectivity index (χ3n) is 5.45. The number of aromatic carboxylic acids is 1. The number of halogens is 1. The molecule has 1 saturated heterocycles. The predicted octanol–water partition coefficient (Wildman–Crippen LogP) is 4.04. The van der Waals surface area contributed by atoms with Crippen LogP contribution in [-0.4, -0.2) is 46.2 Å². The zero-order valence-electron chi connectivity index (χ0n) is 17.0. The first-order valence-electron chi connectivity index (χ1n) is 9.61. The largest absolute Gasteiger partial charge is 0.481 e. The fraction of sp³-hybridized carbons (Fsp3) is 0.318. The Morgan fingerprint density at radius 2 is 2.13 bits per heavy atom. The molecule has 1 aliphatic heterocycles. The van der Waals surface area contributed by atoms with Crippen LogP contribution in [-0.2, 0) is 4.74 Å². The highest BCUT2D eigenvalue weighted by molar-refractivity contribution is 5.95. The SMILES string of the molecule is COc1ncc(C)c(-c2ccc(-c3c(C(=O)O)cnn3C3CCOC3)c(F)c2)c1C. The maximum atomic E-state index is 15.3. The molecule has 3 heterocycles. The van der Waals surface area contributed by atoms with Gasteiger partial charge in [0.2, 0.25) is 5.88 Å². The van der Waals surface area contributed by atoms with Gasteiger partial charge in [-0.25, -0.2) is 14.2 Å². The van der Waals surface area contributed by atoms with Crippen LogP contribution in [0.2, 0.25) is 0 Å². The fourth-order valence-corrected chi connectivity index (χ4v) is 4.01. The molecule has 156 valence electrons. The number of benzene rings is 1. The lowest BCUT2D eigenvalue weighted by molar-refractivity contribution is 0.0697. The van der Waals surface area contributed by atoms with Gasteiger partial charge in [-0.05, 0) is 49.1 Å². The van der Waals surface area contributed by atoms with Gasteiger partial charge in [-0.15, -0.1) is 0 Å². The zero-order valence-corrected chi connectivity index (χ0v) is 17.0. The van der Waals surface area contributed by atoms with Crippen LogP contribution < -0.4 is 4.74 Å². The molecule has 0 bridgehead atoms. The summed E-state index contributed by atoms with van der Waals surface area (Å²) in [6.45, 7) is 4.76. The number of nitrogens with zero attached hydrogens (tertiary/aromatic N) is 3. The molecule has 2 aromatic heterocycles. The molecule has 0 spiro atoms. The smallest absolute Gasteiger partial charge is 0.339 e. The Kier molecular flexibility index (Phi) is 5.26. The molecule has 3 aromatic rings. The molecule has 4 rings (SSSR count). The molecule has 0 saturated carbocycles. The highest BCUT2D eigenvalue weighted by Crippen LogP contribution is 2.36. The number of carboxylic acids is 1. The summed E-state index contributed by atoms with van der Waals surface area (Å²) in [5, 5.41) is 13.8. The van der Waals surface area contributed by atoms with Crippen molar-refractivity contribution in [2.75, 3.05) is 20.3 Å². The van der Waals surface area contributed by atoms with Gasteiger partial charge in [-0.1, -0.05) is 6.07 Å². The number of ether oxygens (including phenoxy) is 2. The van der Waals surface area contributed by atoms with Crippen LogP contribution in [0, 0.1) is 19.7 Å². The molecule has 1 aromatic carbocycles. The fourth-order valence-electron chi connectivity index (χ4n) is 4.01. The van der Waals surface area contributed by atoms with E-state index in [1.807, 2.05) is 13.8 Å². The maximum Gasteiger partial charge on any atom is 0.339 e. The van der Waals surface area contributed by atoms with Crippen LogP contribution >= 0.6 is 0 Å². The first kappa shape index (κ1) is 20.0. The molecule has 1 fully saturated rings. The van der Waals surface area contributed by atoms with Crippen molar-refractivity contribution in [2.45, 2.75) is 26.3 Å². The standard InChI is InChI=1S/C22H22FN3O4/c1-12-9-24-21(29-3)13(2)19(12)14-4-5-16(18(23)8-14)20-17(22(27)28)10-25-26(20)15-6-7-30-11-15/h4-5,8-10,15H,6-7,11H2,1-3H3,(H,27,28). The van der Waals surface area contributed by atoms with E-state index in [9.17, 15) is 9.90 Å². The monoisotopic (exact) mass is 411 g/mol. The summed E-state index contributed by atoms with van der Waals surface area (Å²) in [5.41, 5.74) is 3.61. The van der Waals surface area contributed by atoms with E-state index in [2.05, 4.69) is 10.1 Å². The number of rotatable bonds is 5. The minimum Gasteiger partial charge on any atom is -0.481 e. The van der Waals surface area contributed by atoms with Crippen LogP contribution in [0.5, 0.6) is 5.88 Å². The molecule has 7 nitrogen and oxygen atoms in total. The first-order chi connectivity index (χ1) is 14.4. The topological polar surface area (TPSA) is 86.5 Å². The summed E-state index contributed by atoms with van der Waals surface area (Å²) in [7, 11) is 1.54. The molecule has 8 heteroatoms. The van der Waals surface area contributed by atoms with Crippen LogP contribution in [0.4, 0.5) is 4.39 Å². The molecule has 1 aliphatic rings. The molecule has 0 radical (unpaired) electrons. The second-order valence-corrected chi connectivity index (χ2v) is 7.32. The normalized spacial score (nSPS) is 16.1. The first-order valence-corrected chi connectivity index (χ1v) is 9.61. The van der Waals surface area contributed by atoms with Crippen molar-refractivity contribution in [2.24, 2.45) is 0 Å². The lowest BCUT2D eigenvalue weighted by atomic mass is 9.95. The molecule has 0 aliphatic carbocycles. The Labute approximate surface area is 173 Å². The summed E-state index contributed by atoms with van der Waals surface area (Å²) >= 11 is 0. The van der Waals surface area contributed by atoms with Crippen molar-refractivity contribution in [3.05, 3.63) is 53.1 Å². The van der Waals surface area contributed by atoms with Crippen molar-refractivity contribution >= 4 is 5.97 Å². The quantitative estimate of drug-likeness (QED) is 0.682. The highest BCUT2D eigenvalue weighted by atomic mass is 19.1. The van der Waals surface area contributed by atoms with Gasteiger partial charge in [0.1, 0.15) is 11.4 Å². The minimum absolute atomic E-state index is 0.0357. The van der Waals surface area contributed by atoms with E-state index in [1.54, 1.807) is 30.1 Å². The minimum atomic E-state index is -1.15. The second kappa shape index (κ2) is 7.87. The average molecular weight is 411 g/mol. The van der Waals surface area contributed by atoms with Crippen molar-refractivity contribution < 1.29 is 23.8 Å². The molecular formula is C22H22FN3O4. The predicted molar refractivity (Wildman–Crippen MR) is 108 cm³/mol. The van der Waals surface area contributed by atoms with Crippen LogP contribution in [0.25, 0.3) is 22.4 Å². The van der Waals surface area contributed by atoms with E-state index in [0.717, 1.165) is 16.7 Å². The number of carboxylic acid groups (broad SMARTS) is 1. The number of aryl methyl sites for hydroxylation is 1. The second-order valence-electron chi connectivity index (χ2n) is 7.32. The lowest BCUT2D eigenvalue weighted by Crippen LogP contribution is -2.13. The van der Waals surface area contributed by atoms with Crippen LogP contribution in [0.15, 0.2) is 30.6 Å². The molecule has 1 unspecified atom stereocenters. The molecule has 30 heavy (non-hydrogen) atoms. The summed E-state index contributed by atoms with van der Waals surface area (Å²) in [6.07, 6.45) is 3.65. The molecule has 1 N–H and O–H groups in total. The number of methoxy groups -OCH3 is 1. The Morgan fingerprint density at radius 1 is 1.33 bits per heavy atom. The van der Waals surface area contributed by atoms with Crippen molar-refractivity contribution in [3.8, 4) is 28.3 Å². The number of carbonyl (C=O) groups is 1.